The van der Waals surface area contributed by atoms with Crippen molar-refractivity contribution in [3.8, 4) is 17.3 Å². The first-order valence-electron chi connectivity index (χ1n) is 13.0. The second-order valence-electron chi connectivity index (χ2n) is 9.60. The van der Waals surface area contributed by atoms with E-state index >= 15 is 0 Å². The number of ether oxygens (including phenoxy) is 1. The number of carbonyl (C=O) groups is 2. The molecule has 0 radical (unpaired) electrons. The third-order valence-corrected chi connectivity index (χ3v) is 6.81. The Hall–Kier alpha value is -4.54. The lowest BCUT2D eigenvalue weighted by atomic mass is 10.0. The smallest absolute Gasteiger partial charge is 0.247 e. The van der Waals surface area contributed by atoms with E-state index in [0.717, 1.165) is 37.0 Å². The highest BCUT2D eigenvalue weighted by molar-refractivity contribution is 5.88. The molecule has 2 amide bonds. The van der Waals surface area contributed by atoms with Gasteiger partial charge in [0.05, 0.1) is 7.11 Å². The summed E-state index contributed by atoms with van der Waals surface area (Å²) in [7, 11) is 1.60. The van der Waals surface area contributed by atoms with Crippen molar-refractivity contribution in [2.75, 3.05) is 7.11 Å². The molecule has 39 heavy (non-hydrogen) atoms. The van der Waals surface area contributed by atoms with Crippen molar-refractivity contribution in [2.24, 2.45) is 0 Å². The minimum atomic E-state index is -0.876. The Morgan fingerprint density at radius 2 is 1.85 bits per heavy atom. The molecule has 3 heterocycles. The molecule has 1 aromatic carbocycles. The summed E-state index contributed by atoms with van der Waals surface area (Å²) in [6.45, 7) is 1.80. The van der Waals surface area contributed by atoms with Crippen molar-refractivity contribution in [3.63, 3.8) is 0 Å². The van der Waals surface area contributed by atoms with Gasteiger partial charge in [-0.05, 0) is 72.5 Å². The van der Waals surface area contributed by atoms with Crippen LogP contribution in [0.4, 0.5) is 0 Å². The lowest BCUT2D eigenvalue weighted by Gasteiger charge is -2.32. The summed E-state index contributed by atoms with van der Waals surface area (Å²) in [5.74, 6) is 1.60. The van der Waals surface area contributed by atoms with Gasteiger partial charge in [-0.2, -0.15) is 4.80 Å². The number of amides is 2. The molecule has 0 saturated heterocycles. The maximum Gasteiger partial charge on any atom is 0.247 e. The van der Waals surface area contributed by atoms with Crippen LogP contribution in [0.25, 0.3) is 11.6 Å². The number of methoxy groups -OCH3 is 1. The second kappa shape index (κ2) is 11.9. The van der Waals surface area contributed by atoms with Crippen LogP contribution in [0.15, 0.2) is 65.3 Å². The highest BCUT2D eigenvalue weighted by atomic mass is 16.5. The van der Waals surface area contributed by atoms with Crippen molar-refractivity contribution in [3.05, 3.63) is 77.8 Å². The van der Waals surface area contributed by atoms with E-state index in [4.69, 9.17) is 9.15 Å². The van der Waals surface area contributed by atoms with Crippen LogP contribution in [0.1, 0.15) is 48.6 Å². The van der Waals surface area contributed by atoms with Gasteiger partial charge < -0.3 is 19.4 Å². The van der Waals surface area contributed by atoms with E-state index in [-0.39, 0.29) is 36.8 Å². The molecule has 11 nitrogen and oxygen atoms in total. The van der Waals surface area contributed by atoms with E-state index in [2.05, 4.69) is 25.7 Å². The molecule has 4 aromatic rings. The van der Waals surface area contributed by atoms with Crippen molar-refractivity contribution in [1.82, 2.24) is 35.4 Å². The number of aromatic nitrogens is 5. The lowest BCUT2D eigenvalue weighted by molar-refractivity contribution is -0.142. The Labute approximate surface area is 226 Å². The van der Waals surface area contributed by atoms with E-state index in [1.165, 1.54) is 4.80 Å². The van der Waals surface area contributed by atoms with Gasteiger partial charge in [0.25, 0.3) is 0 Å². The number of aryl methyl sites for hydroxylation is 1. The predicted octanol–water partition coefficient (Wildman–Crippen LogP) is 3.47. The Morgan fingerprint density at radius 3 is 2.51 bits per heavy atom. The minimum Gasteiger partial charge on any atom is -0.497 e. The van der Waals surface area contributed by atoms with E-state index in [1.807, 2.05) is 31.2 Å². The van der Waals surface area contributed by atoms with Crippen LogP contribution >= 0.6 is 0 Å². The average molecular weight is 530 g/mol. The number of nitrogens with one attached hydrogen (secondary N) is 1. The van der Waals surface area contributed by atoms with Crippen LogP contribution in [0.5, 0.6) is 5.75 Å². The van der Waals surface area contributed by atoms with Crippen LogP contribution in [-0.2, 0) is 22.7 Å². The molecule has 202 valence electrons. The van der Waals surface area contributed by atoms with Crippen LogP contribution in [0.3, 0.4) is 0 Å². The Bertz CT molecular complexity index is 1390. The molecule has 0 bridgehead atoms. The third-order valence-electron chi connectivity index (χ3n) is 6.81. The van der Waals surface area contributed by atoms with Crippen molar-refractivity contribution in [2.45, 2.75) is 57.8 Å². The third kappa shape index (κ3) is 6.31. The number of carbonyl (C=O) groups excluding carboxylic acids is 2. The number of hydrogen-bond donors (Lipinski definition) is 1. The maximum absolute atomic E-state index is 13.9. The van der Waals surface area contributed by atoms with Gasteiger partial charge in [0.15, 0.2) is 5.76 Å². The number of pyridine rings is 1. The van der Waals surface area contributed by atoms with Gasteiger partial charge in [-0.3, -0.25) is 14.6 Å². The molecular formula is C28H31N7O4. The number of tetrazole rings is 1. The zero-order valence-corrected chi connectivity index (χ0v) is 22.0. The first kappa shape index (κ1) is 26.1. The fourth-order valence-corrected chi connectivity index (χ4v) is 4.80. The summed E-state index contributed by atoms with van der Waals surface area (Å²) in [5, 5.41) is 15.6. The Kier molecular flexibility index (Phi) is 7.95. The summed E-state index contributed by atoms with van der Waals surface area (Å²) in [6.07, 6.45) is 7.26. The molecular weight excluding hydrogens is 498 g/mol. The van der Waals surface area contributed by atoms with Crippen LogP contribution in [0.2, 0.25) is 0 Å². The molecule has 11 heteroatoms. The van der Waals surface area contributed by atoms with E-state index in [0.29, 0.717) is 17.1 Å². The number of furan rings is 1. The molecule has 1 saturated carbocycles. The normalized spacial score (nSPS) is 14.2. The van der Waals surface area contributed by atoms with Crippen LogP contribution in [-0.4, -0.2) is 55.1 Å². The summed E-state index contributed by atoms with van der Waals surface area (Å²) >= 11 is 0. The topological polar surface area (TPSA) is 128 Å². The molecule has 1 aliphatic carbocycles. The SMILES string of the molecule is COc1ccc(CN(C(=O)Cn2nnc(-c3ccc(C)o3)n2)[C@H](C(=O)NC2CCCC2)c2ccncc2)cc1. The Balaban J connectivity index is 1.45. The summed E-state index contributed by atoms with van der Waals surface area (Å²) in [4.78, 5) is 34.6. The van der Waals surface area contributed by atoms with Crippen LogP contribution < -0.4 is 10.1 Å². The summed E-state index contributed by atoms with van der Waals surface area (Å²) in [5.41, 5.74) is 1.51. The maximum atomic E-state index is 13.9. The zero-order valence-electron chi connectivity index (χ0n) is 22.0. The standard InChI is InChI=1S/C28H31N7O4/c1-19-7-12-24(39-19)27-31-33-35(32-27)18-25(36)34(17-20-8-10-23(38-2)11-9-20)26(21-13-15-29-16-14-21)28(37)30-22-5-3-4-6-22/h7-16,22,26H,3-6,17-18H2,1-2H3,(H,30,37)/t26-/m0/s1. The quantitative estimate of drug-likeness (QED) is 0.331. The van der Waals surface area contributed by atoms with Gasteiger partial charge in [0, 0.05) is 25.0 Å². The van der Waals surface area contributed by atoms with E-state index in [1.54, 1.807) is 48.7 Å². The summed E-state index contributed by atoms with van der Waals surface area (Å²) < 4.78 is 10.9. The van der Waals surface area contributed by atoms with Crippen LogP contribution in [0, 0.1) is 6.92 Å². The Morgan fingerprint density at radius 1 is 1.10 bits per heavy atom. The highest BCUT2D eigenvalue weighted by Gasteiger charge is 2.33. The number of benzene rings is 1. The van der Waals surface area contributed by atoms with E-state index < -0.39 is 6.04 Å². The van der Waals surface area contributed by atoms with Gasteiger partial charge in [-0.15, -0.1) is 10.2 Å². The number of rotatable bonds is 10. The fraction of sp³-hybridized carbons (Fsp3) is 0.357. The van der Waals surface area contributed by atoms with E-state index in [9.17, 15) is 9.59 Å². The molecule has 1 aliphatic rings. The van der Waals surface area contributed by atoms with Gasteiger partial charge >= 0.3 is 0 Å². The molecule has 0 unspecified atom stereocenters. The average Bonchev–Trinajstić information content (AvgIpc) is 3.72. The monoisotopic (exact) mass is 529 g/mol. The molecule has 1 N–H and O–H groups in total. The molecule has 3 aromatic heterocycles. The first-order valence-corrected chi connectivity index (χ1v) is 13.0. The number of hydrogen-bond acceptors (Lipinski definition) is 8. The molecule has 5 rings (SSSR count). The molecule has 0 spiro atoms. The molecule has 1 fully saturated rings. The molecule has 1 atom stereocenters. The highest BCUT2D eigenvalue weighted by Crippen LogP contribution is 2.27. The second-order valence-corrected chi connectivity index (χ2v) is 9.60. The number of nitrogens with zero attached hydrogens (tertiary/aromatic N) is 6. The lowest BCUT2D eigenvalue weighted by Crippen LogP contribution is -2.46. The van der Waals surface area contributed by atoms with Crippen molar-refractivity contribution >= 4 is 11.8 Å². The fourth-order valence-electron chi connectivity index (χ4n) is 4.80. The largest absolute Gasteiger partial charge is 0.497 e. The van der Waals surface area contributed by atoms with Gasteiger partial charge in [-0.1, -0.05) is 25.0 Å². The van der Waals surface area contributed by atoms with Crippen molar-refractivity contribution in [1.29, 1.82) is 0 Å². The van der Waals surface area contributed by atoms with Gasteiger partial charge in [-0.25, -0.2) is 0 Å². The van der Waals surface area contributed by atoms with Gasteiger partial charge in [0.1, 0.15) is 24.1 Å². The minimum absolute atomic E-state index is 0.0936. The predicted molar refractivity (Wildman–Crippen MR) is 141 cm³/mol. The zero-order chi connectivity index (χ0) is 27.2. The van der Waals surface area contributed by atoms with Crippen molar-refractivity contribution < 1.29 is 18.7 Å². The molecule has 0 aliphatic heterocycles. The van der Waals surface area contributed by atoms with Gasteiger partial charge in [0.2, 0.25) is 17.6 Å². The first-order chi connectivity index (χ1) is 19.0. The summed E-state index contributed by atoms with van der Waals surface area (Å²) in [6, 6.07) is 13.7.